The van der Waals surface area contributed by atoms with Gasteiger partial charge in [-0.25, -0.2) is 0 Å². The molecular formula is C31H64NO7P. The van der Waals surface area contributed by atoms with Gasteiger partial charge in [-0.15, -0.1) is 0 Å². The molecule has 0 aromatic rings. The van der Waals surface area contributed by atoms with Gasteiger partial charge in [-0.1, -0.05) is 123 Å². The van der Waals surface area contributed by atoms with Gasteiger partial charge in [-0.05, 0) is 6.42 Å². The van der Waals surface area contributed by atoms with Crippen LogP contribution in [0.4, 0.5) is 0 Å². The molecule has 0 rings (SSSR count). The maximum absolute atomic E-state index is 12.0. The second-order valence-corrected chi connectivity index (χ2v) is 13.6. The first-order valence-corrected chi connectivity index (χ1v) is 17.7. The van der Waals surface area contributed by atoms with Crippen molar-refractivity contribution in [1.29, 1.82) is 0 Å². The van der Waals surface area contributed by atoms with Gasteiger partial charge in [0.05, 0.1) is 34.4 Å². The second-order valence-electron chi connectivity index (χ2n) is 12.1. The summed E-state index contributed by atoms with van der Waals surface area (Å²) in [4.78, 5) is 23.8. The molecule has 0 amide bonds. The summed E-state index contributed by atoms with van der Waals surface area (Å²) in [5, 5.41) is 0. The molecular weight excluding hydrogens is 529 g/mol. The monoisotopic (exact) mass is 593 g/mol. The Labute approximate surface area is 247 Å². The lowest BCUT2D eigenvalue weighted by molar-refractivity contribution is -0.870. The Morgan fingerprint density at radius 1 is 0.675 bits per heavy atom. The standard InChI is InChI=1S/C31H64NO7P/c1-6-8-9-10-11-12-13-14-15-16-17-18-19-20-21-22-23-24-26-36-28-30(39-31(33)7-2)29-38-40(34,35)37-27-25-32(3,4)5/h30H,6-29H2,1-5H3. The molecule has 0 fully saturated rings. The average molecular weight is 594 g/mol. The molecule has 0 aliphatic heterocycles. The van der Waals surface area contributed by atoms with Crippen LogP contribution in [0.5, 0.6) is 0 Å². The number of likely N-dealkylation sites (N-methyl/N-ethyl adjacent to an activating group) is 1. The fourth-order valence-electron chi connectivity index (χ4n) is 4.34. The zero-order valence-corrected chi connectivity index (χ0v) is 27.7. The van der Waals surface area contributed by atoms with Crippen LogP contribution < -0.4 is 4.89 Å². The molecule has 0 radical (unpaired) electrons. The van der Waals surface area contributed by atoms with Gasteiger partial charge in [-0.3, -0.25) is 9.36 Å². The summed E-state index contributed by atoms with van der Waals surface area (Å²) in [5.74, 6) is -0.419. The van der Waals surface area contributed by atoms with Gasteiger partial charge in [0.1, 0.15) is 19.3 Å². The number of hydrogen-bond acceptors (Lipinski definition) is 7. The Kier molecular flexibility index (Phi) is 25.8. The second kappa shape index (κ2) is 26.2. The van der Waals surface area contributed by atoms with E-state index in [9.17, 15) is 14.3 Å². The summed E-state index contributed by atoms with van der Waals surface area (Å²) in [5.41, 5.74) is 0. The van der Waals surface area contributed by atoms with Gasteiger partial charge in [0.15, 0.2) is 0 Å². The maximum atomic E-state index is 12.0. The smallest absolute Gasteiger partial charge is 0.305 e. The minimum absolute atomic E-state index is 0.0273. The number of ether oxygens (including phenoxy) is 2. The fraction of sp³-hybridized carbons (Fsp3) is 0.968. The minimum atomic E-state index is -4.47. The lowest BCUT2D eigenvalue weighted by Gasteiger charge is -2.28. The highest BCUT2D eigenvalue weighted by atomic mass is 31.2. The van der Waals surface area contributed by atoms with Crippen LogP contribution in [-0.4, -0.2) is 70.7 Å². The van der Waals surface area contributed by atoms with E-state index in [4.69, 9.17) is 18.5 Å². The van der Waals surface area contributed by atoms with E-state index in [0.717, 1.165) is 12.8 Å². The van der Waals surface area contributed by atoms with Gasteiger partial charge in [0.2, 0.25) is 0 Å². The van der Waals surface area contributed by atoms with Crippen molar-refractivity contribution in [3.63, 3.8) is 0 Å². The van der Waals surface area contributed by atoms with E-state index in [1.165, 1.54) is 103 Å². The van der Waals surface area contributed by atoms with Crippen molar-refractivity contribution in [3.8, 4) is 0 Å². The summed E-state index contributed by atoms with van der Waals surface area (Å²) in [6.45, 7) is 4.85. The predicted molar refractivity (Wildman–Crippen MR) is 162 cm³/mol. The first-order valence-electron chi connectivity index (χ1n) is 16.3. The Morgan fingerprint density at radius 2 is 1.12 bits per heavy atom. The van der Waals surface area contributed by atoms with Crippen LogP contribution in [0.1, 0.15) is 136 Å². The molecule has 0 aliphatic rings. The number of hydrogen-bond donors (Lipinski definition) is 0. The first kappa shape index (κ1) is 39.5. The molecule has 240 valence electrons. The normalized spacial score (nSPS) is 14.2. The van der Waals surface area contributed by atoms with Crippen LogP contribution in [0.2, 0.25) is 0 Å². The number of quaternary nitrogens is 1. The van der Waals surface area contributed by atoms with Crippen molar-refractivity contribution in [2.24, 2.45) is 0 Å². The quantitative estimate of drug-likeness (QED) is 0.0367. The number of phosphoric acid groups is 1. The highest BCUT2D eigenvalue weighted by Gasteiger charge is 2.19. The Balaban J connectivity index is 3.74. The van der Waals surface area contributed by atoms with E-state index >= 15 is 0 Å². The van der Waals surface area contributed by atoms with Crippen molar-refractivity contribution in [2.45, 2.75) is 142 Å². The maximum Gasteiger partial charge on any atom is 0.305 e. The Hall–Kier alpha value is -0.500. The minimum Gasteiger partial charge on any atom is -0.756 e. The molecule has 0 saturated carbocycles. The third-order valence-corrected chi connectivity index (χ3v) is 7.93. The number of unbranched alkanes of at least 4 members (excludes halogenated alkanes) is 17. The zero-order chi connectivity index (χ0) is 30.0. The van der Waals surface area contributed by atoms with Crippen LogP contribution in [-0.2, 0) is 27.9 Å². The lowest BCUT2D eigenvalue weighted by Crippen LogP contribution is -2.37. The molecule has 2 unspecified atom stereocenters. The van der Waals surface area contributed by atoms with Crippen molar-refractivity contribution in [3.05, 3.63) is 0 Å². The van der Waals surface area contributed by atoms with E-state index < -0.39 is 19.9 Å². The van der Waals surface area contributed by atoms with Gasteiger partial charge in [0, 0.05) is 13.0 Å². The summed E-state index contributed by atoms with van der Waals surface area (Å²) < 4.78 is 33.4. The topological polar surface area (TPSA) is 94.1 Å². The van der Waals surface area contributed by atoms with Crippen LogP contribution in [0.15, 0.2) is 0 Å². The molecule has 40 heavy (non-hydrogen) atoms. The van der Waals surface area contributed by atoms with Crippen LogP contribution >= 0.6 is 7.82 Å². The highest BCUT2D eigenvalue weighted by Crippen LogP contribution is 2.38. The molecule has 0 aliphatic carbocycles. The van der Waals surface area contributed by atoms with Gasteiger partial charge >= 0.3 is 5.97 Å². The number of carbonyl (C=O) groups is 1. The summed E-state index contributed by atoms with van der Waals surface area (Å²) >= 11 is 0. The van der Waals surface area contributed by atoms with E-state index in [1.807, 2.05) is 21.1 Å². The van der Waals surface area contributed by atoms with E-state index in [0.29, 0.717) is 17.6 Å². The molecule has 0 aromatic heterocycles. The molecule has 0 heterocycles. The third-order valence-electron chi connectivity index (χ3n) is 6.96. The van der Waals surface area contributed by atoms with Crippen molar-refractivity contribution in [2.75, 3.05) is 54.1 Å². The van der Waals surface area contributed by atoms with Crippen LogP contribution in [0.3, 0.4) is 0 Å². The van der Waals surface area contributed by atoms with Crippen LogP contribution in [0, 0.1) is 0 Å². The Bertz CT molecular complexity index is 627. The van der Waals surface area contributed by atoms with E-state index in [2.05, 4.69) is 6.92 Å². The molecule has 0 aromatic carbocycles. The Morgan fingerprint density at radius 3 is 1.55 bits per heavy atom. The van der Waals surface area contributed by atoms with Crippen molar-refractivity contribution in [1.82, 2.24) is 0 Å². The zero-order valence-electron chi connectivity index (χ0n) is 26.8. The molecule has 9 heteroatoms. The third kappa shape index (κ3) is 29.0. The highest BCUT2D eigenvalue weighted by molar-refractivity contribution is 7.45. The number of nitrogens with zero attached hydrogens (tertiary/aromatic N) is 1. The average Bonchev–Trinajstić information content (AvgIpc) is 2.89. The molecule has 2 atom stereocenters. The summed E-state index contributed by atoms with van der Waals surface area (Å²) in [6, 6.07) is 0. The molecule has 8 nitrogen and oxygen atoms in total. The van der Waals surface area contributed by atoms with Crippen molar-refractivity contribution >= 4 is 13.8 Å². The largest absolute Gasteiger partial charge is 0.756 e. The van der Waals surface area contributed by atoms with E-state index in [1.54, 1.807) is 6.92 Å². The van der Waals surface area contributed by atoms with Gasteiger partial charge in [0.25, 0.3) is 7.82 Å². The van der Waals surface area contributed by atoms with Gasteiger partial charge in [-0.2, -0.15) is 0 Å². The lowest BCUT2D eigenvalue weighted by atomic mass is 10.0. The van der Waals surface area contributed by atoms with E-state index in [-0.39, 0.29) is 26.2 Å². The SMILES string of the molecule is CCCCCCCCCCCCCCCCCCCCOCC(COP(=O)([O-])OCC[N+](C)(C)C)OC(=O)CC. The first-order chi connectivity index (χ1) is 19.1. The van der Waals surface area contributed by atoms with Crippen molar-refractivity contribution < 1.29 is 37.3 Å². The number of carbonyl (C=O) groups excluding carboxylic acids is 1. The summed E-state index contributed by atoms with van der Waals surface area (Å²) in [6.07, 6.45) is 23.3. The fourth-order valence-corrected chi connectivity index (χ4v) is 5.07. The molecule has 0 N–H and O–H groups in total. The number of rotatable bonds is 30. The number of phosphoric ester groups is 1. The molecule has 0 spiro atoms. The molecule has 0 bridgehead atoms. The number of esters is 1. The predicted octanol–water partition coefficient (Wildman–Crippen LogP) is 7.57. The van der Waals surface area contributed by atoms with Gasteiger partial charge < -0.3 is 27.9 Å². The van der Waals surface area contributed by atoms with Crippen LogP contribution in [0.25, 0.3) is 0 Å². The summed E-state index contributed by atoms with van der Waals surface area (Å²) in [7, 11) is 1.36. The molecule has 0 saturated heterocycles.